The van der Waals surface area contributed by atoms with Gasteiger partial charge in [-0.15, -0.1) is 0 Å². The van der Waals surface area contributed by atoms with Gasteiger partial charge in [0.2, 0.25) is 0 Å². The van der Waals surface area contributed by atoms with Gasteiger partial charge in [0.05, 0.1) is 6.61 Å². The van der Waals surface area contributed by atoms with Crippen molar-refractivity contribution in [2.45, 2.75) is 39.0 Å². The van der Waals surface area contributed by atoms with Gasteiger partial charge >= 0.3 is 122 Å². The smallest absolute Gasteiger partial charge is 0.313 e. The average molecular weight is 479 g/mol. The second-order valence-electron chi connectivity index (χ2n) is 5.31. The number of carbonyl (C=O) groups is 4. The maximum Gasteiger partial charge on any atom is 0.313 e. The first kappa shape index (κ1) is 25.9. The molecule has 1 amide bonds. The van der Waals surface area contributed by atoms with Gasteiger partial charge in [-0.2, -0.15) is 0 Å². The van der Waals surface area contributed by atoms with Crippen LogP contribution in [0.5, 0.6) is 5.75 Å². The zero-order chi connectivity index (χ0) is 22.1. The Bertz CT molecular complexity index is 804. The molecule has 1 rings (SSSR count). The Hall–Kier alpha value is -2.07. The van der Waals surface area contributed by atoms with Crippen molar-refractivity contribution in [1.29, 1.82) is 0 Å². The fraction of sp³-hybridized carbons (Fsp3) is 0.375. The number of nitrogens with one attached hydrogen (secondary N) is 1. The minimum Gasteiger partial charge on any atom is -0.466 e. The van der Waals surface area contributed by atoms with Gasteiger partial charge in [-0.05, 0) is 13.8 Å². The monoisotopic (exact) mass is 479 g/mol. The van der Waals surface area contributed by atoms with Crippen LogP contribution in [-0.4, -0.2) is 56.9 Å². The summed E-state index contributed by atoms with van der Waals surface area (Å²) in [4.78, 5) is 42.8. The van der Waals surface area contributed by atoms with Crippen molar-refractivity contribution in [2.75, 3.05) is 11.9 Å². The van der Waals surface area contributed by atoms with E-state index in [9.17, 15) is 36.2 Å². The summed E-state index contributed by atoms with van der Waals surface area (Å²) in [5.74, 6) is -1.72. The standard InChI is InChI=1S/C10H12AsNO6S.C6H10O3/c1-5(13)12-9-7(11(16,17)18)3-4-8(10(9)15)19-6(2)14;1-3-9-6(8)4-5(2)7/h3-4,15H,1-2H3,(H,12,13)(H2,16,17,18);3-4H2,1-2H3. The van der Waals surface area contributed by atoms with Gasteiger partial charge in [-0.25, -0.2) is 0 Å². The van der Waals surface area contributed by atoms with Crippen molar-refractivity contribution >= 4 is 58.7 Å². The zero-order valence-corrected chi connectivity index (χ0v) is 18.4. The topological polar surface area (TPSA) is 167 Å². The maximum absolute atomic E-state index is 11.3. The van der Waals surface area contributed by atoms with E-state index in [-0.39, 0.29) is 27.9 Å². The fourth-order valence-electron chi connectivity index (χ4n) is 1.76. The number of carbonyl (C=O) groups excluding carboxylic acids is 4. The molecule has 1 aromatic carbocycles. The second-order valence-corrected chi connectivity index (χ2v) is 9.82. The summed E-state index contributed by atoms with van der Waals surface area (Å²) in [5.41, 5.74) is -0.355. The molecule has 10 nitrogen and oxygen atoms in total. The zero-order valence-electron chi connectivity index (χ0n) is 15.7. The van der Waals surface area contributed by atoms with Gasteiger partial charge in [0.1, 0.15) is 12.2 Å². The Labute approximate surface area is 168 Å². The molecule has 0 fully saturated rings. The number of aromatic hydroxyl groups is 1. The molecule has 12 heteroatoms. The molecule has 0 aliphatic rings. The van der Waals surface area contributed by atoms with E-state index in [4.69, 9.17) is 0 Å². The van der Waals surface area contributed by atoms with Crippen molar-refractivity contribution in [3.63, 3.8) is 0 Å². The number of benzene rings is 1. The first-order valence-electron chi connectivity index (χ1n) is 7.82. The van der Waals surface area contributed by atoms with E-state index < -0.39 is 36.1 Å². The van der Waals surface area contributed by atoms with Crippen LogP contribution in [0.2, 0.25) is 0 Å². The minimum absolute atomic E-state index is 0.103. The number of ether oxygens (including phenoxy) is 1. The molecule has 156 valence electrons. The van der Waals surface area contributed by atoms with Gasteiger partial charge in [0.15, 0.2) is 0 Å². The molecule has 0 aromatic heterocycles. The van der Waals surface area contributed by atoms with Gasteiger partial charge in [-0.3, -0.25) is 9.59 Å². The molecule has 4 N–H and O–H groups in total. The molecule has 0 spiro atoms. The van der Waals surface area contributed by atoms with Crippen LogP contribution in [0.15, 0.2) is 17.0 Å². The SMILES string of the molecule is CC(=O)Nc1c([As](=O)(O)O)ccc(SC(C)=O)c1O.CCOC(=O)CC(C)=O. The van der Waals surface area contributed by atoms with E-state index in [0.29, 0.717) is 18.4 Å². The number of rotatable bonds is 6. The Morgan fingerprint density at radius 1 is 1.14 bits per heavy atom. The molecule has 28 heavy (non-hydrogen) atoms. The summed E-state index contributed by atoms with van der Waals surface area (Å²) < 4.78 is 33.8. The third-order valence-corrected chi connectivity index (χ3v) is 5.62. The Morgan fingerprint density at radius 3 is 2.11 bits per heavy atom. The van der Waals surface area contributed by atoms with Crippen molar-refractivity contribution in [2.24, 2.45) is 0 Å². The van der Waals surface area contributed by atoms with Crippen molar-refractivity contribution in [3.8, 4) is 5.75 Å². The summed E-state index contributed by atoms with van der Waals surface area (Å²) in [6, 6.07) is 2.32. The number of Topliss-reactive ketones (excluding diaryl/α,β-unsaturated/α-hetero) is 1. The molecule has 0 radical (unpaired) electrons. The van der Waals surface area contributed by atoms with E-state index in [1.54, 1.807) is 6.92 Å². The third-order valence-electron chi connectivity index (χ3n) is 2.69. The first-order chi connectivity index (χ1) is 12.8. The van der Waals surface area contributed by atoms with Crippen molar-refractivity contribution in [3.05, 3.63) is 12.1 Å². The number of hydrogen-bond donors (Lipinski definition) is 4. The molecule has 0 aliphatic heterocycles. The van der Waals surface area contributed by atoms with E-state index in [1.165, 1.54) is 19.9 Å². The van der Waals surface area contributed by atoms with Crippen LogP contribution in [0.25, 0.3) is 0 Å². The summed E-state index contributed by atoms with van der Waals surface area (Å²) in [5, 5.41) is 11.8. The molecular formula is C16H22AsNO9S. The maximum atomic E-state index is 11.3. The normalized spacial score (nSPS) is 10.4. The number of anilines is 1. The number of thioether (sulfide) groups is 1. The van der Waals surface area contributed by atoms with Gasteiger partial charge in [0, 0.05) is 0 Å². The number of phenolic OH excluding ortho intramolecular Hbond substituents is 1. The molecule has 0 atom stereocenters. The van der Waals surface area contributed by atoms with Gasteiger partial charge in [0.25, 0.3) is 0 Å². The number of hydrogen-bond acceptors (Lipinski definition) is 8. The van der Waals surface area contributed by atoms with Crippen LogP contribution >= 0.6 is 11.8 Å². The molecule has 1 aromatic rings. The predicted molar refractivity (Wildman–Crippen MR) is 101 cm³/mol. The summed E-state index contributed by atoms with van der Waals surface area (Å²) in [7, 11) is 0. The number of ketones is 1. The minimum atomic E-state index is -5.31. The Kier molecular flexibility index (Phi) is 10.8. The molecular weight excluding hydrogens is 457 g/mol. The van der Waals surface area contributed by atoms with Crippen LogP contribution in [0.3, 0.4) is 0 Å². The van der Waals surface area contributed by atoms with Crippen LogP contribution in [-0.2, 0) is 27.7 Å². The molecule has 0 saturated heterocycles. The van der Waals surface area contributed by atoms with Crippen LogP contribution in [0, 0.1) is 0 Å². The van der Waals surface area contributed by atoms with Crippen LogP contribution in [0.1, 0.15) is 34.1 Å². The van der Waals surface area contributed by atoms with Crippen LogP contribution in [0.4, 0.5) is 5.69 Å². The van der Waals surface area contributed by atoms with E-state index in [0.717, 1.165) is 13.0 Å². The second kappa shape index (κ2) is 11.7. The van der Waals surface area contributed by atoms with Gasteiger partial charge in [-0.1, -0.05) is 0 Å². The number of phenols is 1. The number of esters is 1. The Balaban J connectivity index is 0.000000684. The number of amides is 1. The summed E-state index contributed by atoms with van der Waals surface area (Å²) in [6.07, 6.45) is -0.103. The largest absolute Gasteiger partial charge is 0.466 e. The first-order valence-corrected chi connectivity index (χ1v) is 12.0. The van der Waals surface area contributed by atoms with Crippen LogP contribution < -0.4 is 9.67 Å². The fourth-order valence-corrected chi connectivity index (χ4v) is 3.91. The molecule has 0 aliphatic carbocycles. The third kappa shape index (κ3) is 9.75. The summed E-state index contributed by atoms with van der Waals surface area (Å²) in [6.45, 7) is 5.82. The predicted octanol–water partition coefficient (Wildman–Crippen LogP) is 0.0788. The van der Waals surface area contributed by atoms with E-state index in [1.807, 2.05) is 0 Å². The molecule has 0 bridgehead atoms. The summed E-state index contributed by atoms with van der Waals surface area (Å²) >= 11 is -4.61. The quantitative estimate of drug-likeness (QED) is 0.144. The van der Waals surface area contributed by atoms with Gasteiger partial charge < -0.3 is 4.74 Å². The van der Waals surface area contributed by atoms with E-state index >= 15 is 0 Å². The van der Waals surface area contributed by atoms with E-state index in [2.05, 4.69) is 10.1 Å². The average Bonchev–Trinajstić information content (AvgIpc) is 2.49. The van der Waals surface area contributed by atoms with Crippen molar-refractivity contribution < 1.29 is 41.0 Å². The molecule has 0 heterocycles. The molecule has 0 saturated carbocycles. The molecule has 0 unspecified atom stereocenters. The van der Waals surface area contributed by atoms with Crippen molar-refractivity contribution in [1.82, 2.24) is 0 Å². The Morgan fingerprint density at radius 2 is 1.71 bits per heavy atom.